The minimum Gasteiger partial charge on any atom is -0.372 e. The molecule has 2 saturated heterocycles. The van der Waals surface area contributed by atoms with Crippen molar-refractivity contribution in [1.82, 2.24) is 15.1 Å². The molecule has 1 amide bonds. The van der Waals surface area contributed by atoms with Gasteiger partial charge in [-0.15, -0.1) is 0 Å². The predicted octanol–water partition coefficient (Wildman–Crippen LogP) is 0.554. The highest BCUT2D eigenvalue weighted by Gasteiger charge is 2.26. The molecule has 0 radical (unpaired) electrons. The molecule has 3 unspecified atom stereocenters. The second-order valence-electron chi connectivity index (χ2n) is 6.47. The summed E-state index contributed by atoms with van der Waals surface area (Å²) >= 11 is 0. The predicted molar refractivity (Wildman–Crippen MR) is 79.7 cm³/mol. The van der Waals surface area contributed by atoms with Gasteiger partial charge in [0.2, 0.25) is 5.91 Å². The molecule has 0 aromatic heterocycles. The lowest BCUT2D eigenvalue weighted by atomic mass is 9.99. The number of nitrogens with one attached hydrogen (secondary N) is 1. The van der Waals surface area contributed by atoms with Crippen molar-refractivity contribution in [3.05, 3.63) is 0 Å². The number of hydrogen-bond donors (Lipinski definition) is 1. The number of morpholine rings is 1. The number of likely N-dealkylation sites (N-methyl/N-ethyl adjacent to an activating group) is 1. The molecule has 5 nitrogen and oxygen atoms in total. The van der Waals surface area contributed by atoms with Crippen LogP contribution in [0.1, 0.15) is 26.7 Å². The van der Waals surface area contributed by atoms with Gasteiger partial charge >= 0.3 is 0 Å². The lowest BCUT2D eigenvalue weighted by Crippen LogP contribution is -2.51. The first-order valence-corrected chi connectivity index (χ1v) is 7.87. The molecular weight excluding hydrogens is 254 g/mol. The van der Waals surface area contributed by atoms with Crippen LogP contribution < -0.4 is 5.32 Å². The fourth-order valence-electron chi connectivity index (χ4n) is 3.30. The van der Waals surface area contributed by atoms with Gasteiger partial charge in [-0.25, -0.2) is 0 Å². The molecule has 0 aromatic rings. The molecule has 2 aliphatic rings. The fraction of sp³-hybridized carbons (Fsp3) is 0.933. The first-order chi connectivity index (χ1) is 9.54. The molecule has 0 aromatic carbocycles. The zero-order chi connectivity index (χ0) is 14.5. The molecule has 20 heavy (non-hydrogen) atoms. The summed E-state index contributed by atoms with van der Waals surface area (Å²) in [6.07, 6.45) is 2.83. The molecule has 0 spiro atoms. The molecular formula is C15H29N3O2. The Hall–Kier alpha value is -0.650. The summed E-state index contributed by atoms with van der Waals surface area (Å²) in [4.78, 5) is 16.5. The van der Waals surface area contributed by atoms with E-state index in [1.165, 1.54) is 12.8 Å². The molecule has 1 N–H and O–H groups in total. The summed E-state index contributed by atoms with van der Waals surface area (Å²) in [5, 5.41) is 3.43. The van der Waals surface area contributed by atoms with Crippen molar-refractivity contribution in [2.45, 2.75) is 38.9 Å². The van der Waals surface area contributed by atoms with Crippen LogP contribution in [0.4, 0.5) is 0 Å². The molecule has 116 valence electrons. The second-order valence-corrected chi connectivity index (χ2v) is 6.47. The topological polar surface area (TPSA) is 44.8 Å². The SMILES string of the molecule is CC1CN(C(=O)CN(C)CC2CCCNC2)CC(C)O1. The smallest absolute Gasteiger partial charge is 0.236 e. The van der Waals surface area contributed by atoms with Gasteiger partial charge in [-0.05, 0) is 52.7 Å². The van der Waals surface area contributed by atoms with Crippen molar-refractivity contribution in [3.8, 4) is 0 Å². The number of nitrogens with zero attached hydrogens (tertiary/aromatic N) is 2. The summed E-state index contributed by atoms with van der Waals surface area (Å²) in [5.41, 5.74) is 0. The van der Waals surface area contributed by atoms with E-state index >= 15 is 0 Å². The first-order valence-electron chi connectivity index (χ1n) is 7.87. The highest BCUT2D eigenvalue weighted by molar-refractivity contribution is 5.78. The molecule has 3 atom stereocenters. The van der Waals surface area contributed by atoms with Gasteiger partial charge in [0.1, 0.15) is 0 Å². The Bertz CT molecular complexity index is 308. The van der Waals surface area contributed by atoms with E-state index in [1.807, 2.05) is 18.7 Å². The van der Waals surface area contributed by atoms with Gasteiger partial charge in [0.05, 0.1) is 18.8 Å². The lowest BCUT2D eigenvalue weighted by molar-refractivity contribution is -0.144. The zero-order valence-corrected chi connectivity index (χ0v) is 13.1. The summed E-state index contributed by atoms with van der Waals surface area (Å²) < 4.78 is 5.68. The van der Waals surface area contributed by atoms with Gasteiger partial charge in [-0.3, -0.25) is 9.69 Å². The van der Waals surface area contributed by atoms with E-state index in [4.69, 9.17) is 4.74 Å². The second kappa shape index (κ2) is 7.38. The molecule has 0 aliphatic carbocycles. The summed E-state index contributed by atoms with van der Waals surface area (Å²) in [5.74, 6) is 0.919. The maximum atomic E-state index is 12.4. The van der Waals surface area contributed by atoms with E-state index in [-0.39, 0.29) is 18.1 Å². The standard InChI is InChI=1S/C15H29N3O2/c1-12-8-18(9-13(2)20-12)15(19)11-17(3)10-14-5-4-6-16-7-14/h12-14,16H,4-11H2,1-3H3. The number of ether oxygens (including phenoxy) is 1. The highest BCUT2D eigenvalue weighted by Crippen LogP contribution is 2.13. The first kappa shape index (κ1) is 15.7. The highest BCUT2D eigenvalue weighted by atomic mass is 16.5. The minimum absolute atomic E-state index is 0.149. The van der Waals surface area contributed by atoms with Crippen molar-refractivity contribution in [1.29, 1.82) is 0 Å². The number of hydrogen-bond acceptors (Lipinski definition) is 4. The summed E-state index contributed by atoms with van der Waals surface area (Å²) in [6.45, 7) is 9.28. The average molecular weight is 283 g/mol. The van der Waals surface area contributed by atoms with E-state index in [0.717, 1.165) is 32.7 Å². The number of amides is 1. The Morgan fingerprint density at radius 1 is 1.35 bits per heavy atom. The minimum atomic E-state index is 0.149. The normalized spacial score (nSPS) is 31.6. The van der Waals surface area contributed by atoms with Crippen LogP contribution in [0.3, 0.4) is 0 Å². The third kappa shape index (κ3) is 4.72. The van der Waals surface area contributed by atoms with E-state index in [2.05, 4.69) is 17.3 Å². The van der Waals surface area contributed by atoms with Crippen molar-refractivity contribution >= 4 is 5.91 Å². The van der Waals surface area contributed by atoms with Crippen LogP contribution in [0.5, 0.6) is 0 Å². The summed E-state index contributed by atoms with van der Waals surface area (Å²) in [7, 11) is 2.06. The molecule has 0 saturated carbocycles. The third-order valence-corrected chi connectivity index (χ3v) is 4.15. The van der Waals surface area contributed by atoms with Gasteiger partial charge in [-0.2, -0.15) is 0 Å². The molecule has 5 heteroatoms. The van der Waals surface area contributed by atoms with Crippen LogP contribution in [0.25, 0.3) is 0 Å². The number of piperidine rings is 1. The van der Waals surface area contributed by atoms with Crippen LogP contribution >= 0.6 is 0 Å². The number of carbonyl (C=O) groups is 1. The van der Waals surface area contributed by atoms with Crippen LogP contribution in [0.15, 0.2) is 0 Å². The number of rotatable bonds is 4. The van der Waals surface area contributed by atoms with Gasteiger partial charge in [0.25, 0.3) is 0 Å². The Kier molecular flexibility index (Phi) is 5.81. The van der Waals surface area contributed by atoms with E-state index in [0.29, 0.717) is 12.5 Å². The van der Waals surface area contributed by atoms with Gasteiger partial charge < -0.3 is 15.0 Å². The quantitative estimate of drug-likeness (QED) is 0.818. The molecule has 2 heterocycles. The third-order valence-electron chi connectivity index (χ3n) is 4.15. The van der Waals surface area contributed by atoms with Crippen molar-refractivity contribution < 1.29 is 9.53 Å². The molecule has 2 fully saturated rings. The van der Waals surface area contributed by atoms with E-state index < -0.39 is 0 Å². The Labute approximate surface area is 122 Å². The van der Waals surface area contributed by atoms with Crippen molar-refractivity contribution in [2.75, 3.05) is 46.3 Å². The Morgan fingerprint density at radius 3 is 2.65 bits per heavy atom. The van der Waals surface area contributed by atoms with Crippen LogP contribution in [0.2, 0.25) is 0 Å². The van der Waals surface area contributed by atoms with Crippen LogP contribution in [-0.4, -0.2) is 74.2 Å². The molecule has 0 bridgehead atoms. The van der Waals surface area contributed by atoms with Gasteiger partial charge in [0.15, 0.2) is 0 Å². The van der Waals surface area contributed by atoms with Gasteiger partial charge in [-0.1, -0.05) is 0 Å². The molecule has 2 aliphatic heterocycles. The Morgan fingerprint density at radius 2 is 2.05 bits per heavy atom. The van der Waals surface area contributed by atoms with Crippen LogP contribution in [0, 0.1) is 5.92 Å². The zero-order valence-electron chi connectivity index (χ0n) is 13.1. The van der Waals surface area contributed by atoms with Crippen LogP contribution in [-0.2, 0) is 9.53 Å². The monoisotopic (exact) mass is 283 g/mol. The van der Waals surface area contributed by atoms with Crippen molar-refractivity contribution in [2.24, 2.45) is 5.92 Å². The van der Waals surface area contributed by atoms with E-state index in [1.54, 1.807) is 0 Å². The maximum Gasteiger partial charge on any atom is 0.236 e. The maximum absolute atomic E-state index is 12.4. The fourth-order valence-corrected chi connectivity index (χ4v) is 3.30. The number of carbonyl (C=O) groups excluding carboxylic acids is 1. The van der Waals surface area contributed by atoms with Gasteiger partial charge in [0, 0.05) is 19.6 Å². The van der Waals surface area contributed by atoms with E-state index in [9.17, 15) is 4.79 Å². The summed E-state index contributed by atoms with van der Waals surface area (Å²) in [6, 6.07) is 0. The lowest BCUT2D eigenvalue weighted by Gasteiger charge is -2.36. The average Bonchev–Trinajstić information content (AvgIpc) is 2.38. The largest absolute Gasteiger partial charge is 0.372 e. The molecule has 2 rings (SSSR count). The van der Waals surface area contributed by atoms with Crippen molar-refractivity contribution in [3.63, 3.8) is 0 Å². The Balaban J connectivity index is 1.75.